The summed E-state index contributed by atoms with van der Waals surface area (Å²) in [6.45, 7) is 5.54. The van der Waals surface area contributed by atoms with Crippen LogP contribution in [0.15, 0.2) is 0 Å². The predicted molar refractivity (Wildman–Crippen MR) is 92.9 cm³/mol. The summed E-state index contributed by atoms with van der Waals surface area (Å²) in [5.74, 6) is -3.04. The Morgan fingerprint density at radius 3 is 2.33 bits per heavy atom. The van der Waals surface area contributed by atoms with Crippen molar-refractivity contribution in [2.75, 3.05) is 39.5 Å². The molecular formula is C18H31F2NO6. The minimum atomic E-state index is -3.04. The molecule has 0 bridgehead atoms. The molecule has 0 aromatic heterocycles. The van der Waals surface area contributed by atoms with E-state index in [4.69, 9.17) is 24.1 Å². The first-order valence-electron chi connectivity index (χ1n) is 9.39. The van der Waals surface area contributed by atoms with Gasteiger partial charge in [-0.3, -0.25) is 0 Å². The van der Waals surface area contributed by atoms with E-state index in [-0.39, 0.29) is 24.9 Å². The number of carbonyl (C=O) groups is 1. The van der Waals surface area contributed by atoms with Crippen molar-refractivity contribution in [1.82, 2.24) is 4.90 Å². The summed E-state index contributed by atoms with van der Waals surface area (Å²) in [4.78, 5) is 13.3. The fourth-order valence-corrected chi connectivity index (χ4v) is 2.61. The molecule has 0 aromatic rings. The first kappa shape index (κ1) is 22.3. The van der Waals surface area contributed by atoms with Gasteiger partial charge in [0.2, 0.25) is 0 Å². The van der Waals surface area contributed by atoms with Gasteiger partial charge in [0, 0.05) is 13.2 Å². The standard InChI is InChI=1S/C18H31F2NO6/c1-17(2,3)27-16(23)21-9-15(10-21)25-6-4-5-24-11-18(19,20)12-26-14-7-13(22)8-14/h13-15,22H,4-12H2,1-3H3. The van der Waals surface area contributed by atoms with Crippen molar-refractivity contribution >= 4 is 6.09 Å². The number of nitrogens with zero attached hydrogens (tertiary/aromatic N) is 1. The molecule has 27 heavy (non-hydrogen) atoms. The highest BCUT2D eigenvalue weighted by Crippen LogP contribution is 2.25. The van der Waals surface area contributed by atoms with Gasteiger partial charge in [-0.25, -0.2) is 13.6 Å². The van der Waals surface area contributed by atoms with Crippen molar-refractivity contribution in [3.8, 4) is 0 Å². The van der Waals surface area contributed by atoms with Gasteiger partial charge >= 0.3 is 6.09 Å². The van der Waals surface area contributed by atoms with E-state index in [2.05, 4.69) is 0 Å². The van der Waals surface area contributed by atoms with E-state index in [1.807, 2.05) is 20.8 Å². The summed E-state index contributed by atoms with van der Waals surface area (Å²) in [5, 5.41) is 9.09. The SMILES string of the molecule is CC(C)(C)OC(=O)N1CC(OCCCOCC(F)(F)COC2CC(O)C2)C1. The average Bonchev–Trinajstić information content (AvgIpc) is 2.45. The maximum absolute atomic E-state index is 13.6. The minimum absolute atomic E-state index is 0.0508. The number of hydrogen-bond acceptors (Lipinski definition) is 6. The molecule has 2 rings (SSSR count). The number of carbonyl (C=O) groups excluding carboxylic acids is 1. The molecule has 1 amide bonds. The molecule has 0 aromatic carbocycles. The van der Waals surface area contributed by atoms with Crippen LogP contribution in [0.3, 0.4) is 0 Å². The summed E-state index contributed by atoms with van der Waals surface area (Å²) in [5.41, 5.74) is -0.521. The molecular weight excluding hydrogens is 364 g/mol. The van der Waals surface area contributed by atoms with Crippen molar-refractivity contribution in [2.24, 2.45) is 0 Å². The third-order valence-electron chi connectivity index (χ3n) is 4.20. The third kappa shape index (κ3) is 8.25. The highest BCUT2D eigenvalue weighted by molar-refractivity contribution is 5.69. The molecule has 1 aliphatic heterocycles. The van der Waals surface area contributed by atoms with Crippen LogP contribution in [0.4, 0.5) is 13.6 Å². The van der Waals surface area contributed by atoms with Crippen LogP contribution >= 0.6 is 0 Å². The van der Waals surface area contributed by atoms with E-state index in [9.17, 15) is 13.6 Å². The quantitative estimate of drug-likeness (QED) is 0.572. The van der Waals surface area contributed by atoms with Gasteiger partial charge in [-0.2, -0.15) is 0 Å². The van der Waals surface area contributed by atoms with Crippen LogP contribution in [0.25, 0.3) is 0 Å². The van der Waals surface area contributed by atoms with Crippen LogP contribution in [-0.2, 0) is 18.9 Å². The lowest BCUT2D eigenvalue weighted by Gasteiger charge is -2.39. The van der Waals surface area contributed by atoms with Gasteiger partial charge in [0.1, 0.15) is 18.8 Å². The molecule has 0 atom stereocenters. The number of halogens is 2. The zero-order valence-electron chi connectivity index (χ0n) is 16.3. The maximum Gasteiger partial charge on any atom is 0.410 e. The lowest BCUT2D eigenvalue weighted by molar-refractivity contribution is -0.162. The molecule has 1 heterocycles. The molecule has 1 saturated heterocycles. The van der Waals surface area contributed by atoms with Crippen molar-refractivity contribution in [1.29, 1.82) is 0 Å². The number of ether oxygens (including phenoxy) is 4. The zero-order chi connectivity index (χ0) is 20.1. The summed E-state index contributed by atoms with van der Waals surface area (Å²) in [6.07, 6.45) is 0.224. The first-order chi connectivity index (χ1) is 12.5. The summed E-state index contributed by atoms with van der Waals surface area (Å²) >= 11 is 0. The highest BCUT2D eigenvalue weighted by Gasteiger charge is 2.35. The molecule has 2 aliphatic rings. The van der Waals surface area contributed by atoms with Crippen LogP contribution in [0.1, 0.15) is 40.0 Å². The molecule has 1 aliphatic carbocycles. The van der Waals surface area contributed by atoms with Crippen molar-refractivity contribution in [3.05, 3.63) is 0 Å². The number of aliphatic hydroxyl groups excluding tert-OH is 1. The van der Waals surface area contributed by atoms with E-state index in [1.165, 1.54) is 0 Å². The molecule has 0 radical (unpaired) electrons. The van der Waals surface area contributed by atoms with Gasteiger partial charge in [-0.05, 0) is 40.0 Å². The normalized spacial score (nSPS) is 23.7. The topological polar surface area (TPSA) is 77.5 Å². The average molecular weight is 395 g/mol. The van der Waals surface area contributed by atoms with Gasteiger partial charge in [0.25, 0.3) is 5.92 Å². The summed E-state index contributed by atoms with van der Waals surface area (Å²) in [7, 11) is 0. The number of amides is 1. The number of likely N-dealkylation sites (tertiary alicyclic amines) is 1. The molecule has 158 valence electrons. The Morgan fingerprint density at radius 1 is 1.07 bits per heavy atom. The van der Waals surface area contributed by atoms with Crippen LogP contribution in [-0.4, -0.2) is 85.5 Å². The van der Waals surface area contributed by atoms with E-state index < -0.39 is 30.8 Å². The molecule has 0 unspecified atom stereocenters. The minimum Gasteiger partial charge on any atom is -0.444 e. The Morgan fingerprint density at radius 2 is 1.74 bits per heavy atom. The van der Waals surface area contributed by atoms with E-state index in [0.29, 0.717) is 39.0 Å². The van der Waals surface area contributed by atoms with Gasteiger partial charge < -0.3 is 29.0 Å². The van der Waals surface area contributed by atoms with E-state index in [1.54, 1.807) is 4.90 Å². The Kier molecular flexibility index (Phi) is 7.79. The molecule has 9 heteroatoms. The van der Waals surface area contributed by atoms with Gasteiger partial charge in [-0.15, -0.1) is 0 Å². The van der Waals surface area contributed by atoms with Crippen LogP contribution in [0.2, 0.25) is 0 Å². The maximum atomic E-state index is 13.6. The largest absolute Gasteiger partial charge is 0.444 e. The molecule has 7 nitrogen and oxygen atoms in total. The van der Waals surface area contributed by atoms with E-state index in [0.717, 1.165) is 0 Å². The lowest BCUT2D eigenvalue weighted by atomic mass is 9.92. The monoisotopic (exact) mass is 395 g/mol. The zero-order valence-corrected chi connectivity index (χ0v) is 16.3. The van der Waals surface area contributed by atoms with Crippen LogP contribution < -0.4 is 0 Å². The second kappa shape index (κ2) is 9.45. The number of hydrogen-bond donors (Lipinski definition) is 1. The van der Waals surface area contributed by atoms with Crippen molar-refractivity contribution < 1.29 is 37.6 Å². The second-order valence-corrected chi connectivity index (χ2v) is 8.20. The molecule has 0 spiro atoms. The van der Waals surface area contributed by atoms with Crippen molar-refractivity contribution in [2.45, 2.75) is 69.9 Å². The Bertz CT molecular complexity index is 473. The van der Waals surface area contributed by atoms with E-state index >= 15 is 0 Å². The van der Waals surface area contributed by atoms with Crippen LogP contribution in [0, 0.1) is 0 Å². The fraction of sp³-hybridized carbons (Fsp3) is 0.944. The number of aliphatic hydroxyl groups is 1. The third-order valence-corrected chi connectivity index (χ3v) is 4.20. The Hall–Kier alpha value is -1.03. The highest BCUT2D eigenvalue weighted by atomic mass is 19.3. The summed E-state index contributed by atoms with van der Waals surface area (Å²) < 4.78 is 48.0. The summed E-state index contributed by atoms with van der Waals surface area (Å²) in [6, 6.07) is 0. The lowest BCUT2D eigenvalue weighted by Crippen LogP contribution is -2.56. The first-order valence-corrected chi connectivity index (χ1v) is 9.39. The fourth-order valence-electron chi connectivity index (χ4n) is 2.61. The number of alkyl halides is 2. The Labute approximate surface area is 158 Å². The molecule has 1 N–H and O–H groups in total. The van der Waals surface area contributed by atoms with Gasteiger partial charge in [0.15, 0.2) is 0 Å². The predicted octanol–water partition coefficient (Wildman–Crippen LogP) is 2.20. The second-order valence-electron chi connectivity index (χ2n) is 8.20. The van der Waals surface area contributed by atoms with Crippen molar-refractivity contribution in [3.63, 3.8) is 0 Å². The smallest absolute Gasteiger partial charge is 0.410 e. The Balaban J connectivity index is 1.43. The van der Waals surface area contributed by atoms with Gasteiger partial charge in [0.05, 0.1) is 31.4 Å². The van der Waals surface area contributed by atoms with Crippen LogP contribution in [0.5, 0.6) is 0 Å². The molecule has 1 saturated carbocycles. The molecule has 2 fully saturated rings. The van der Waals surface area contributed by atoms with Gasteiger partial charge in [-0.1, -0.05) is 0 Å². The number of rotatable bonds is 10.